The van der Waals surface area contributed by atoms with E-state index in [0.29, 0.717) is 26.0 Å². The normalized spacial score (nSPS) is 12.4. The Bertz CT molecular complexity index is 1260. The van der Waals surface area contributed by atoms with Gasteiger partial charge in [0, 0.05) is 37.1 Å². The van der Waals surface area contributed by atoms with Crippen LogP contribution < -0.4 is 4.90 Å². The second kappa shape index (κ2) is 11.9. The van der Waals surface area contributed by atoms with E-state index in [1.54, 1.807) is 0 Å². The van der Waals surface area contributed by atoms with Crippen LogP contribution in [0.3, 0.4) is 0 Å². The van der Waals surface area contributed by atoms with Crippen molar-refractivity contribution in [3.8, 4) is 0 Å². The van der Waals surface area contributed by atoms with Crippen molar-refractivity contribution in [2.24, 2.45) is 7.05 Å². The smallest absolute Gasteiger partial charge is 0.396 e. The van der Waals surface area contributed by atoms with Gasteiger partial charge in [0.2, 0.25) is 5.91 Å². The van der Waals surface area contributed by atoms with E-state index in [-0.39, 0.29) is 29.3 Å². The first-order valence-corrected chi connectivity index (χ1v) is 15.4. The van der Waals surface area contributed by atoms with E-state index >= 15 is 0 Å². The highest BCUT2D eigenvalue weighted by Gasteiger charge is 2.36. The van der Waals surface area contributed by atoms with E-state index in [1.165, 1.54) is 12.0 Å². The zero-order chi connectivity index (χ0) is 27.2. The molecule has 3 rings (SSSR count). The summed E-state index contributed by atoms with van der Waals surface area (Å²) in [6.45, 7) is 11.9. The van der Waals surface area contributed by atoms with Crippen molar-refractivity contribution < 1.29 is 23.2 Å². The molecule has 2 heterocycles. The lowest BCUT2D eigenvalue weighted by atomic mass is 10.1. The van der Waals surface area contributed by atoms with Gasteiger partial charge in [-0.3, -0.25) is 9.69 Å². The van der Waals surface area contributed by atoms with Crippen LogP contribution in [0.25, 0.3) is 10.9 Å². The molecule has 0 atom stereocenters. The van der Waals surface area contributed by atoms with Gasteiger partial charge in [0.05, 0.1) is 13.7 Å². The fraction of sp³-hybridized carbons (Fsp3) is 0.481. The van der Waals surface area contributed by atoms with Gasteiger partial charge in [-0.2, -0.15) is 0 Å². The molecule has 9 nitrogen and oxygen atoms in total. The molecule has 0 N–H and O–H groups in total. The number of fused-ring (bicyclic) bond motifs is 1. The zero-order valence-corrected chi connectivity index (χ0v) is 23.9. The Labute approximate surface area is 219 Å². The Kier molecular flexibility index (Phi) is 9.09. The number of amides is 1. The largest absolute Gasteiger partial charge is 0.462 e. The minimum Gasteiger partial charge on any atom is -0.462 e. The molecule has 10 heteroatoms. The van der Waals surface area contributed by atoms with Gasteiger partial charge in [0.25, 0.3) is 0 Å². The van der Waals surface area contributed by atoms with Gasteiger partial charge in [-0.1, -0.05) is 61.3 Å². The summed E-state index contributed by atoms with van der Waals surface area (Å²) in [6.07, 6.45) is 7.37. The molecule has 37 heavy (non-hydrogen) atoms. The van der Waals surface area contributed by atoms with Crippen LogP contribution >= 0.6 is 0 Å². The van der Waals surface area contributed by atoms with Crippen LogP contribution in [0.15, 0.2) is 47.0 Å². The number of aromatic nitrogens is 3. The van der Waals surface area contributed by atoms with Crippen molar-refractivity contribution in [3.63, 3.8) is 0 Å². The molecule has 0 saturated carbocycles. The number of carbonyl (C=O) groups excluding carboxylic acids is 2. The lowest BCUT2D eigenvalue weighted by Crippen LogP contribution is -2.40. The summed E-state index contributed by atoms with van der Waals surface area (Å²) in [7, 11) is 1.42. The van der Waals surface area contributed by atoms with Crippen molar-refractivity contribution in [2.45, 2.75) is 58.2 Å². The maximum absolute atomic E-state index is 13.2. The van der Waals surface area contributed by atoms with Crippen LogP contribution in [-0.4, -0.2) is 55.2 Å². The van der Waals surface area contributed by atoms with Crippen molar-refractivity contribution >= 4 is 37.1 Å². The number of ether oxygens (including phenoxy) is 1. The number of hydrogen-bond acceptors (Lipinski definition) is 7. The van der Waals surface area contributed by atoms with Gasteiger partial charge in [-0.25, -0.2) is 4.79 Å². The molecule has 0 radical (unpaired) electrons. The second-order valence-corrected chi connectivity index (χ2v) is 15.3. The van der Waals surface area contributed by atoms with E-state index in [9.17, 15) is 9.59 Å². The van der Waals surface area contributed by atoms with Crippen LogP contribution in [0, 0.1) is 0 Å². The molecule has 0 saturated heterocycles. The third kappa shape index (κ3) is 6.95. The number of methoxy groups -OCH3 is 1. The molecule has 200 valence electrons. The summed E-state index contributed by atoms with van der Waals surface area (Å²) in [5.41, 5.74) is 2.22. The SMILES string of the molecule is COC(=O)c1nnc(N(CCc2cn(C)c3ccccc23)C(=O)CC/C=C/CO[Si](C)(C)C(C)(C)C)o1. The average molecular weight is 527 g/mol. The van der Waals surface area contributed by atoms with Crippen LogP contribution in [0.4, 0.5) is 6.01 Å². The van der Waals surface area contributed by atoms with Crippen molar-refractivity contribution in [3.05, 3.63) is 54.1 Å². The predicted molar refractivity (Wildman–Crippen MR) is 146 cm³/mol. The molecule has 0 aliphatic rings. The first-order chi connectivity index (χ1) is 17.4. The fourth-order valence-electron chi connectivity index (χ4n) is 3.68. The molecule has 0 aliphatic carbocycles. The number of aryl methyl sites for hydroxylation is 1. The molecular formula is C27H38N4O5Si. The van der Waals surface area contributed by atoms with E-state index in [4.69, 9.17) is 8.84 Å². The van der Waals surface area contributed by atoms with Crippen LogP contribution in [-0.2, 0) is 27.4 Å². The summed E-state index contributed by atoms with van der Waals surface area (Å²) in [5.74, 6) is -1.21. The number of para-hydroxylation sites is 1. The second-order valence-electron chi connectivity index (χ2n) is 10.5. The number of nitrogens with zero attached hydrogens (tertiary/aromatic N) is 4. The van der Waals surface area contributed by atoms with E-state index in [0.717, 1.165) is 16.5 Å². The Morgan fingerprint density at radius 2 is 1.89 bits per heavy atom. The minimum atomic E-state index is -1.81. The van der Waals surface area contributed by atoms with Gasteiger partial charge in [0.1, 0.15) is 0 Å². The topological polar surface area (TPSA) is 99.7 Å². The monoisotopic (exact) mass is 526 g/mol. The first kappa shape index (κ1) is 28.3. The highest BCUT2D eigenvalue weighted by Crippen LogP contribution is 2.36. The van der Waals surface area contributed by atoms with Crippen molar-refractivity contribution in [2.75, 3.05) is 25.2 Å². The van der Waals surface area contributed by atoms with Gasteiger partial charge >= 0.3 is 17.9 Å². The molecule has 0 fully saturated rings. The van der Waals surface area contributed by atoms with Crippen LogP contribution in [0.1, 0.15) is 49.9 Å². The van der Waals surface area contributed by atoms with E-state index in [1.807, 2.05) is 31.3 Å². The lowest BCUT2D eigenvalue weighted by Gasteiger charge is -2.35. The van der Waals surface area contributed by atoms with Gasteiger partial charge in [-0.15, -0.1) is 0 Å². The van der Waals surface area contributed by atoms with E-state index in [2.05, 4.69) is 71.7 Å². The summed E-state index contributed by atoms with van der Waals surface area (Å²) in [6, 6.07) is 8.10. The number of carbonyl (C=O) groups is 2. The molecule has 3 aromatic rings. The molecule has 1 aromatic carbocycles. The minimum absolute atomic E-state index is 0.0177. The Balaban J connectivity index is 1.68. The van der Waals surface area contributed by atoms with Gasteiger partial charge in [-0.05, 0) is 42.6 Å². The summed E-state index contributed by atoms with van der Waals surface area (Å²) in [5, 5.41) is 8.96. The molecule has 2 aromatic heterocycles. The maximum atomic E-state index is 13.2. The van der Waals surface area contributed by atoms with Crippen molar-refractivity contribution in [1.82, 2.24) is 14.8 Å². The highest BCUT2D eigenvalue weighted by molar-refractivity contribution is 6.74. The molecular weight excluding hydrogens is 488 g/mol. The fourth-order valence-corrected chi connectivity index (χ4v) is 4.62. The number of esters is 1. The number of anilines is 1. The molecule has 1 amide bonds. The van der Waals surface area contributed by atoms with Gasteiger partial charge < -0.3 is 18.1 Å². The number of hydrogen-bond donors (Lipinski definition) is 0. The molecule has 0 aliphatic heterocycles. The van der Waals surface area contributed by atoms with Crippen molar-refractivity contribution in [1.29, 1.82) is 0 Å². The lowest BCUT2D eigenvalue weighted by molar-refractivity contribution is -0.118. The molecule has 0 unspecified atom stereocenters. The Hall–Kier alpha value is -3.24. The first-order valence-electron chi connectivity index (χ1n) is 12.5. The highest BCUT2D eigenvalue weighted by atomic mass is 28.4. The zero-order valence-electron chi connectivity index (χ0n) is 22.9. The Morgan fingerprint density at radius 1 is 1.16 bits per heavy atom. The summed E-state index contributed by atoms with van der Waals surface area (Å²) < 4.78 is 18.4. The van der Waals surface area contributed by atoms with Gasteiger partial charge in [0.15, 0.2) is 8.32 Å². The maximum Gasteiger partial charge on any atom is 0.396 e. The summed E-state index contributed by atoms with van der Waals surface area (Å²) >= 11 is 0. The van der Waals surface area contributed by atoms with Crippen LogP contribution in [0.2, 0.25) is 18.1 Å². The molecule has 0 spiro atoms. The number of allylic oxidation sites excluding steroid dienone is 1. The number of benzene rings is 1. The third-order valence-corrected chi connectivity index (χ3v) is 11.4. The predicted octanol–water partition coefficient (Wildman–Crippen LogP) is 5.28. The third-order valence-electron chi connectivity index (χ3n) is 6.93. The summed E-state index contributed by atoms with van der Waals surface area (Å²) in [4.78, 5) is 26.5. The van der Waals surface area contributed by atoms with Crippen LogP contribution in [0.5, 0.6) is 0 Å². The quantitative estimate of drug-likeness (QED) is 0.190. The number of rotatable bonds is 11. The molecule has 0 bridgehead atoms. The standard InChI is InChI=1S/C27H38N4O5Si/c1-27(2,3)37(6,7)35-18-12-8-9-15-23(32)31(26-29-28-24(36-26)25(33)34-5)17-16-20-19-30(4)22-14-11-10-13-21(20)22/h8,10-14,19H,9,15-18H2,1-7H3/b12-8+. The average Bonchev–Trinajstić information content (AvgIpc) is 3.46. The Morgan fingerprint density at radius 3 is 2.59 bits per heavy atom. The van der Waals surface area contributed by atoms with E-state index < -0.39 is 14.3 Å².